The van der Waals surface area contributed by atoms with E-state index < -0.39 is 12.5 Å². The number of aliphatic hydroxyl groups excluding tert-OH is 1. The summed E-state index contributed by atoms with van der Waals surface area (Å²) in [7, 11) is 0. The number of rotatable bonds is 9. The SMILES string of the molecule is C=CCc1ccccc1OCC(O)CNc1cccc(OC(F)(F)F)c1. The third kappa shape index (κ3) is 6.68. The highest BCUT2D eigenvalue weighted by Crippen LogP contribution is 2.25. The van der Waals surface area contributed by atoms with Crippen LogP contribution in [-0.4, -0.2) is 30.7 Å². The van der Waals surface area contributed by atoms with E-state index in [4.69, 9.17) is 4.74 Å². The van der Waals surface area contributed by atoms with Gasteiger partial charge in [-0.25, -0.2) is 0 Å². The van der Waals surface area contributed by atoms with Crippen molar-refractivity contribution in [3.8, 4) is 11.5 Å². The fraction of sp³-hybridized carbons (Fsp3) is 0.263. The van der Waals surface area contributed by atoms with Crippen LogP contribution in [0.2, 0.25) is 0 Å². The molecule has 140 valence electrons. The first-order valence-corrected chi connectivity index (χ1v) is 7.97. The van der Waals surface area contributed by atoms with Crippen molar-refractivity contribution in [2.75, 3.05) is 18.5 Å². The lowest BCUT2D eigenvalue weighted by Gasteiger charge is -2.16. The number of para-hydroxylation sites is 1. The molecule has 0 saturated carbocycles. The number of halogens is 3. The zero-order valence-corrected chi connectivity index (χ0v) is 14.0. The second-order valence-electron chi connectivity index (χ2n) is 5.52. The first kappa shape index (κ1) is 19.7. The van der Waals surface area contributed by atoms with Gasteiger partial charge in [-0.3, -0.25) is 0 Å². The van der Waals surface area contributed by atoms with Crippen LogP contribution in [0, 0.1) is 0 Å². The Kier molecular flexibility index (Phi) is 6.91. The number of anilines is 1. The first-order valence-electron chi connectivity index (χ1n) is 7.97. The van der Waals surface area contributed by atoms with Crippen LogP contribution in [0.15, 0.2) is 61.2 Å². The van der Waals surface area contributed by atoms with Crippen LogP contribution in [0.3, 0.4) is 0 Å². The molecule has 0 aromatic heterocycles. The molecule has 0 saturated heterocycles. The number of allylic oxidation sites excluding steroid dienone is 1. The number of nitrogens with one attached hydrogen (secondary N) is 1. The van der Waals surface area contributed by atoms with Crippen LogP contribution < -0.4 is 14.8 Å². The number of ether oxygens (including phenoxy) is 2. The maximum Gasteiger partial charge on any atom is 0.573 e. The minimum absolute atomic E-state index is 0.0416. The van der Waals surface area contributed by atoms with E-state index in [9.17, 15) is 18.3 Å². The number of hydrogen-bond acceptors (Lipinski definition) is 4. The zero-order valence-electron chi connectivity index (χ0n) is 14.0. The summed E-state index contributed by atoms with van der Waals surface area (Å²) < 4.78 is 46.2. The van der Waals surface area contributed by atoms with E-state index in [1.54, 1.807) is 18.2 Å². The Morgan fingerprint density at radius 2 is 1.92 bits per heavy atom. The van der Waals surface area contributed by atoms with E-state index in [0.717, 1.165) is 5.56 Å². The molecule has 2 N–H and O–H groups in total. The molecule has 1 unspecified atom stereocenters. The van der Waals surface area contributed by atoms with Gasteiger partial charge in [0.2, 0.25) is 0 Å². The number of aliphatic hydroxyl groups is 1. The summed E-state index contributed by atoms with van der Waals surface area (Å²) in [4.78, 5) is 0. The van der Waals surface area contributed by atoms with Gasteiger partial charge in [0, 0.05) is 18.3 Å². The van der Waals surface area contributed by atoms with Crippen molar-refractivity contribution in [1.29, 1.82) is 0 Å². The molecule has 26 heavy (non-hydrogen) atoms. The molecule has 0 radical (unpaired) electrons. The van der Waals surface area contributed by atoms with Gasteiger partial charge in [-0.1, -0.05) is 30.3 Å². The van der Waals surface area contributed by atoms with Crippen molar-refractivity contribution in [3.05, 3.63) is 66.7 Å². The highest BCUT2D eigenvalue weighted by atomic mass is 19.4. The van der Waals surface area contributed by atoms with E-state index in [2.05, 4.69) is 16.6 Å². The van der Waals surface area contributed by atoms with Gasteiger partial charge in [0.1, 0.15) is 24.2 Å². The predicted molar refractivity (Wildman–Crippen MR) is 93.5 cm³/mol. The van der Waals surface area contributed by atoms with Crippen LogP contribution in [0.25, 0.3) is 0 Å². The van der Waals surface area contributed by atoms with Gasteiger partial charge in [0.25, 0.3) is 0 Å². The van der Waals surface area contributed by atoms with E-state index in [1.165, 1.54) is 18.2 Å². The third-order valence-corrected chi connectivity index (χ3v) is 3.38. The normalized spacial score (nSPS) is 12.3. The topological polar surface area (TPSA) is 50.7 Å². The highest BCUT2D eigenvalue weighted by Gasteiger charge is 2.31. The average molecular weight is 367 g/mol. The van der Waals surface area contributed by atoms with Crippen molar-refractivity contribution in [2.45, 2.75) is 18.9 Å². The standard InChI is InChI=1S/C19H20F3NO3/c1-2-6-14-7-3-4-10-18(14)25-13-16(24)12-23-15-8-5-9-17(11-15)26-19(20,21)22/h2-5,7-11,16,23-24H,1,6,12-13H2. The molecule has 2 aromatic rings. The van der Waals surface area contributed by atoms with Gasteiger partial charge in [-0.2, -0.15) is 0 Å². The van der Waals surface area contributed by atoms with Crippen molar-refractivity contribution in [2.24, 2.45) is 0 Å². The smallest absolute Gasteiger partial charge is 0.491 e. The quantitative estimate of drug-likeness (QED) is 0.654. The van der Waals surface area contributed by atoms with Gasteiger partial charge < -0.3 is 19.9 Å². The van der Waals surface area contributed by atoms with Crippen LogP contribution in [0.1, 0.15) is 5.56 Å². The highest BCUT2D eigenvalue weighted by molar-refractivity contribution is 5.48. The van der Waals surface area contributed by atoms with E-state index in [-0.39, 0.29) is 18.9 Å². The van der Waals surface area contributed by atoms with E-state index in [1.807, 2.05) is 18.2 Å². The zero-order chi connectivity index (χ0) is 19.0. The Bertz CT molecular complexity index is 719. The van der Waals surface area contributed by atoms with Gasteiger partial charge in [0.15, 0.2) is 0 Å². The predicted octanol–water partition coefficient (Wildman–Crippen LogP) is 4.17. The molecule has 0 aliphatic heterocycles. The van der Waals surface area contributed by atoms with Crippen LogP contribution >= 0.6 is 0 Å². The van der Waals surface area contributed by atoms with E-state index >= 15 is 0 Å². The maximum absolute atomic E-state index is 12.2. The average Bonchev–Trinajstić information content (AvgIpc) is 2.58. The van der Waals surface area contributed by atoms with Crippen molar-refractivity contribution < 1.29 is 27.8 Å². The van der Waals surface area contributed by atoms with Gasteiger partial charge >= 0.3 is 6.36 Å². The summed E-state index contributed by atoms with van der Waals surface area (Å²) in [6.07, 6.45) is -3.18. The summed E-state index contributed by atoms with van der Waals surface area (Å²) in [6.45, 7) is 3.84. The molecule has 0 spiro atoms. The molecular weight excluding hydrogens is 347 g/mol. The van der Waals surface area contributed by atoms with Crippen molar-refractivity contribution in [1.82, 2.24) is 0 Å². The molecule has 0 heterocycles. The molecule has 0 fully saturated rings. The molecule has 0 amide bonds. The summed E-state index contributed by atoms with van der Waals surface area (Å²) in [5.74, 6) is 0.332. The molecule has 0 bridgehead atoms. The summed E-state index contributed by atoms with van der Waals surface area (Å²) in [6, 6.07) is 12.9. The third-order valence-electron chi connectivity index (χ3n) is 3.38. The molecule has 2 aromatic carbocycles. The summed E-state index contributed by atoms with van der Waals surface area (Å²) in [5.41, 5.74) is 1.36. The molecule has 2 rings (SSSR count). The van der Waals surface area contributed by atoms with Gasteiger partial charge in [0.05, 0.1) is 0 Å². The Morgan fingerprint density at radius 3 is 2.65 bits per heavy atom. The van der Waals surface area contributed by atoms with Crippen molar-refractivity contribution >= 4 is 5.69 Å². The molecule has 0 aliphatic carbocycles. The van der Waals surface area contributed by atoms with Crippen LogP contribution in [-0.2, 0) is 6.42 Å². The monoisotopic (exact) mass is 367 g/mol. The second-order valence-corrected chi connectivity index (χ2v) is 5.52. The Labute approximate surface area is 149 Å². The first-order chi connectivity index (χ1) is 12.4. The summed E-state index contributed by atoms with van der Waals surface area (Å²) in [5, 5.41) is 12.9. The Hall–Kier alpha value is -2.67. The Morgan fingerprint density at radius 1 is 1.15 bits per heavy atom. The minimum atomic E-state index is -4.75. The minimum Gasteiger partial charge on any atom is -0.491 e. The maximum atomic E-state index is 12.2. The molecule has 0 aliphatic rings. The lowest BCUT2D eigenvalue weighted by Crippen LogP contribution is -2.26. The lowest BCUT2D eigenvalue weighted by atomic mass is 10.1. The molecular formula is C19H20F3NO3. The molecule has 7 heteroatoms. The van der Waals surface area contributed by atoms with E-state index in [0.29, 0.717) is 17.9 Å². The fourth-order valence-electron chi connectivity index (χ4n) is 2.25. The largest absolute Gasteiger partial charge is 0.573 e. The molecule has 1 atom stereocenters. The number of alkyl halides is 3. The molecule has 4 nitrogen and oxygen atoms in total. The fourth-order valence-corrected chi connectivity index (χ4v) is 2.25. The van der Waals surface area contributed by atoms with Crippen LogP contribution in [0.4, 0.5) is 18.9 Å². The van der Waals surface area contributed by atoms with Crippen molar-refractivity contribution in [3.63, 3.8) is 0 Å². The summed E-state index contributed by atoms with van der Waals surface area (Å²) >= 11 is 0. The van der Waals surface area contributed by atoms with Crippen LogP contribution in [0.5, 0.6) is 11.5 Å². The number of benzene rings is 2. The van der Waals surface area contributed by atoms with Gasteiger partial charge in [-0.05, 0) is 30.2 Å². The second kappa shape index (κ2) is 9.15. The number of hydrogen-bond donors (Lipinski definition) is 2. The Balaban J connectivity index is 1.85. The lowest BCUT2D eigenvalue weighted by molar-refractivity contribution is -0.274. The van der Waals surface area contributed by atoms with Gasteiger partial charge in [-0.15, -0.1) is 19.8 Å².